The lowest BCUT2D eigenvalue weighted by Crippen LogP contribution is -2.28. The number of allylic oxidation sites excluding steroid dienone is 6. The average molecular weight is 646 g/mol. The number of unbranched alkanes of at least 4 members (excludes halogenated alkanes) is 17. The lowest BCUT2D eigenvalue weighted by molar-refractivity contribution is -0.150. The third-order valence-corrected chi connectivity index (χ3v) is 8.27. The van der Waals surface area contributed by atoms with Crippen molar-refractivity contribution in [2.24, 2.45) is 0 Å². The highest BCUT2D eigenvalue weighted by Crippen LogP contribution is 2.18. The van der Waals surface area contributed by atoms with Crippen molar-refractivity contribution >= 4 is 17.8 Å². The van der Waals surface area contributed by atoms with Crippen LogP contribution in [-0.4, -0.2) is 35.6 Å². The molecule has 0 saturated carbocycles. The first-order valence-electron chi connectivity index (χ1n) is 19.1. The summed E-state index contributed by atoms with van der Waals surface area (Å²) < 4.78 is 5.98. The first-order chi connectivity index (χ1) is 22.5. The Morgan fingerprint density at radius 1 is 0.565 bits per heavy atom. The van der Waals surface area contributed by atoms with Crippen LogP contribution >= 0.6 is 0 Å². The molecule has 6 heteroatoms. The van der Waals surface area contributed by atoms with Gasteiger partial charge in [0.05, 0.1) is 0 Å². The Bertz CT molecular complexity index is 803. The quantitative estimate of drug-likeness (QED) is 0.0412. The van der Waals surface area contributed by atoms with Gasteiger partial charge in [0.2, 0.25) is 5.91 Å². The smallest absolute Gasteiger partial charge is 0.322 e. The summed E-state index contributed by atoms with van der Waals surface area (Å²) >= 11 is 0. The van der Waals surface area contributed by atoms with Gasteiger partial charge in [-0.1, -0.05) is 127 Å². The molecule has 0 aromatic heterocycles. The van der Waals surface area contributed by atoms with Gasteiger partial charge in [-0.05, 0) is 83.5 Å². The van der Waals surface area contributed by atoms with Crippen LogP contribution in [0.25, 0.3) is 0 Å². The summed E-state index contributed by atoms with van der Waals surface area (Å²) in [7, 11) is 0. The van der Waals surface area contributed by atoms with E-state index >= 15 is 0 Å². The second-order valence-corrected chi connectivity index (χ2v) is 12.8. The van der Waals surface area contributed by atoms with E-state index in [1.807, 2.05) is 0 Å². The molecule has 0 aromatic rings. The first-order valence-corrected chi connectivity index (χ1v) is 19.1. The van der Waals surface area contributed by atoms with E-state index in [4.69, 9.17) is 9.84 Å². The fourth-order valence-electron chi connectivity index (χ4n) is 5.43. The third kappa shape index (κ3) is 34.5. The topological polar surface area (TPSA) is 92.7 Å². The van der Waals surface area contributed by atoms with Crippen LogP contribution in [0.15, 0.2) is 36.5 Å². The summed E-state index contributed by atoms with van der Waals surface area (Å²) in [6.07, 6.45) is 42.6. The summed E-state index contributed by atoms with van der Waals surface area (Å²) in [6.45, 7) is 4.14. The molecule has 0 aliphatic heterocycles. The fourth-order valence-corrected chi connectivity index (χ4v) is 5.43. The first kappa shape index (κ1) is 43.6. The number of aliphatic carboxylic acids is 1. The minimum absolute atomic E-state index is 0.00938. The molecule has 6 nitrogen and oxygen atoms in total. The van der Waals surface area contributed by atoms with E-state index in [0.29, 0.717) is 12.8 Å². The van der Waals surface area contributed by atoms with E-state index in [0.717, 1.165) is 83.5 Å². The fraction of sp³-hybridized carbons (Fsp3) is 0.775. The standard InChI is InChI=1S/C40H71NO5/c1-3-5-7-9-11-13-15-16-18-20-22-27-31-35-40(45)46-37(32-28-24-21-19-17-14-12-10-8-6-4-2)33-29-25-23-26-30-34-38(42)41-36-39(43)44/h7,9,13,15,19,21,37H,3-6,8,10-12,14,16-18,20,22-36H2,1-2H3,(H,41,42)(H,43,44)/b9-7-,15-13-,21-19-. The SMILES string of the molecule is CCC/C=C\C/C=C\CCCCCCCC(=O)OC(CCC/C=C\CCCCCCCC)CCCCCCCC(=O)NCC(=O)O. The van der Waals surface area contributed by atoms with Crippen molar-refractivity contribution in [3.05, 3.63) is 36.5 Å². The summed E-state index contributed by atoms with van der Waals surface area (Å²) in [5, 5.41) is 11.1. The van der Waals surface area contributed by atoms with E-state index in [1.165, 1.54) is 77.0 Å². The summed E-state index contributed by atoms with van der Waals surface area (Å²) in [5.74, 6) is -1.27. The van der Waals surface area contributed by atoms with E-state index in [9.17, 15) is 14.4 Å². The van der Waals surface area contributed by atoms with E-state index < -0.39 is 5.97 Å². The highest BCUT2D eigenvalue weighted by atomic mass is 16.5. The normalized spacial score (nSPS) is 12.4. The van der Waals surface area contributed by atoms with Crippen molar-refractivity contribution in [2.75, 3.05) is 6.54 Å². The molecule has 0 heterocycles. The summed E-state index contributed by atoms with van der Waals surface area (Å²) in [4.78, 5) is 34.9. The number of carbonyl (C=O) groups is 3. The predicted octanol–water partition coefficient (Wildman–Crippen LogP) is 11.3. The van der Waals surface area contributed by atoms with E-state index in [-0.39, 0.29) is 24.5 Å². The van der Waals surface area contributed by atoms with Gasteiger partial charge in [0.1, 0.15) is 12.6 Å². The number of hydrogen-bond acceptors (Lipinski definition) is 4. The average Bonchev–Trinajstić information content (AvgIpc) is 3.04. The van der Waals surface area contributed by atoms with E-state index in [2.05, 4.69) is 55.6 Å². The molecule has 0 bridgehead atoms. The van der Waals surface area contributed by atoms with Gasteiger partial charge in [0, 0.05) is 12.8 Å². The van der Waals surface area contributed by atoms with Crippen LogP contribution in [0.3, 0.4) is 0 Å². The number of ether oxygens (including phenoxy) is 1. The number of carboxylic acids is 1. The second kappa shape index (κ2) is 35.5. The Hall–Kier alpha value is -2.37. The van der Waals surface area contributed by atoms with Crippen molar-refractivity contribution in [2.45, 2.75) is 193 Å². The zero-order valence-corrected chi connectivity index (χ0v) is 29.9. The number of rotatable bonds is 34. The molecule has 0 saturated heterocycles. The van der Waals surface area contributed by atoms with Crippen LogP contribution in [0.2, 0.25) is 0 Å². The highest BCUT2D eigenvalue weighted by molar-refractivity contribution is 5.80. The van der Waals surface area contributed by atoms with Gasteiger partial charge in [0.25, 0.3) is 0 Å². The lowest BCUT2D eigenvalue weighted by atomic mass is 10.0. The van der Waals surface area contributed by atoms with Crippen molar-refractivity contribution in [3.8, 4) is 0 Å². The Kier molecular flexibility index (Phi) is 33.7. The molecule has 0 radical (unpaired) electrons. The number of carboxylic acid groups (broad SMARTS) is 1. The van der Waals surface area contributed by atoms with Gasteiger partial charge < -0.3 is 15.2 Å². The van der Waals surface area contributed by atoms with Crippen LogP contribution in [0.4, 0.5) is 0 Å². The maximum Gasteiger partial charge on any atom is 0.322 e. The molecule has 1 amide bonds. The van der Waals surface area contributed by atoms with Crippen LogP contribution in [0.1, 0.15) is 187 Å². The number of nitrogens with one attached hydrogen (secondary N) is 1. The van der Waals surface area contributed by atoms with Crippen LogP contribution in [-0.2, 0) is 19.1 Å². The Labute approximate surface area is 283 Å². The maximum absolute atomic E-state index is 12.7. The monoisotopic (exact) mass is 646 g/mol. The van der Waals surface area contributed by atoms with Crippen molar-refractivity contribution in [1.29, 1.82) is 0 Å². The number of esters is 1. The molecule has 1 atom stereocenters. The van der Waals surface area contributed by atoms with Crippen LogP contribution < -0.4 is 5.32 Å². The van der Waals surface area contributed by atoms with Gasteiger partial charge in [-0.25, -0.2) is 0 Å². The van der Waals surface area contributed by atoms with Gasteiger partial charge in [-0.15, -0.1) is 0 Å². The number of carbonyl (C=O) groups excluding carboxylic acids is 2. The molecule has 0 spiro atoms. The molecule has 2 N–H and O–H groups in total. The van der Waals surface area contributed by atoms with Crippen molar-refractivity contribution < 1.29 is 24.2 Å². The zero-order valence-electron chi connectivity index (χ0n) is 29.9. The van der Waals surface area contributed by atoms with Crippen molar-refractivity contribution in [1.82, 2.24) is 5.32 Å². The lowest BCUT2D eigenvalue weighted by Gasteiger charge is -2.18. The number of hydrogen-bond donors (Lipinski definition) is 2. The summed E-state index contributed by atoms with van der Waals surface area (Å²) in [5.41, 5.74) is 0. The summed E-state index contributed by atoms with van der Waals surface area (Å²) in [6, 6.07) is 0. The van der Waals surface area contributed by atoms with Crippen LogP contribution in [0, 0.1) is 0 Å². The molecule has 0 rings (SSSR count). The van der Waals surface area contributed by atoms with Gasteiger partial charge >= 0.3 is 11.9 Å². The second-order valence-electron chi connectivity index (χ2n) is 12.8. The Morgan fingerprint density at radius 3 is 1.70 bits per heavy atom. The van der Waals surface area contributed by atoms with Gasteiger partial charge in [-0.3, -0.25) is 14.4 Å². The van der Waals surface area contributed by atoms with E-state index in [1.54, 1.807) is 0 Å². The Morgan fingerprint density at radius 2 is 1.07 bits per heavy atom. The molecule has 46 heavy (non-hydrogen) atoms. The largest absolute Gasteiger partial charge is 0.480 e. The molecule has 266 valence electrons. The third-order valence-electron chi connectivity index (χ3n) is 8.27. The predicted molar refractivity (Wildman–Crippen MR) is 194 cm³/mol. The molecule has 0 fully saturated rings. The van der Waals surface area contributed by atoms with Crippen molar-refractivity contribution in [3.63, 3.8) is 0 Å². The zero-order chi connectivity index (χ0) is 33.8. The Balaban J connectivity index is 4.25. The van der Waals surface area contributed by atoms with Gasteiger partial charge in [0.15, 0.2) is 0 Å². The molecule has 0 aliphatic rings. The van der Waals surface area contributed by atoms with Crippen LogP contribution in [0.5, 0.6) is 0 Å². The minimum Gasteiger partial charge on any atom is -0.480 e. The molecule has 0 aromatic carbocycles. The highest BCUT2D eigenvalue weighted by Gasteiger charge is 2.14. The minimum atomic E-state index is -1.02. The maximum atomic E-state index is 12.7. The molecule has 0 aliphatic carbocycles. The van der Waals surface area contributed by atoms with Gasteiger partial charge in [-0.2, -0.15) is 0 Å². The molecular formula is C40H71NO5. The molecular weight excluding hydrogens is 574 g/mol. The molecule has 1 unspecified atom stereocenters. The number of amides is 1.